The third-order valence-electron chi connectivity index (χ3n) is 2.61. The van der Waals surface area contributed by atoms with Gasteiger partial charge in [0.15, 0.2) is 0 Å². The lowest BCUT2D eigenvalue weighted by Crippen LogP contribution is -2.37. The van der Waals surface area contributed by atoms with Gasteiger partial charge < -0.3 is 5.73 Å². The Morgan fingerprint density at radius 2 is 2.00 bits per heavy atom. The van der Waals surface area contributed by atoms with Gasteiger partial charge in [-0.05, 0) is 24.6 Å². The van der Waals surface area contributed by atoms with Crippen molar-refractivity contribution in [1.29, 1.82) is 0 Å². The predicted molar refractivity (Wildman–Crippen MR) is 74.8 cm³/mol. The molecule has 0 heterocycles. The zero-order valence-electron chi connectivity index (χ0n) is 10.7. The van der Waals surface area contributed by atoms with Gasteiger partial charge in [0.05, 0.1) is 16.2 Å². The highest BCUT2D eigenvalue weighted by Crippen LogP contribution is 2.32. The molecular weight excluding hydrogens is 332 g/mol. The van der Waals surface area contributed by atoms with Gasteiger partial charge in [0.25, 0.3) is 0 Å². The molecule has 0 radical (unpaired) electrons. The van der Waals surface area contributed by atoms with Gasteiger partial charge in [-0.3, -0.25) is 4.72 Å². The Labute approximate surface area is 124 Å². The van der Waals surface area contributed by atoms with Crippen LogP contribution in [0.15, 0.2) is 18.2 Å². The van der Waals surface area contributed by atoms with E-state index in [1.165, 1.54) is 6.92 Å². The third kappa shape index (κ3) is 4.27. The minimum absolute atomic E-state index is 0.00521. The van der Waals surface area contributed by atoms with Gasteiger partial charge in [-0.2, -0.15) is 13.2 Å². The minimum Gasteiger partial charge on any atom is -0.392 e. The number of nitrogens with two attached hydrogens (primary N) is 1. The van der Waals surface area contributed by atoms with Gasteiger partial charge in [-0.1, -0.05) is 19.1 Å². The lowest BCUT2D eigenvalue weighted by atomic mass is 10.2. The number of alkyl halides is 3. The number of nitrogens with one attached hydrogen (secondary N) is 1. The lowest BCUT2D eigenvalue weighted by molar-refractivity contribution is -0.137. The second-order valence-corrected chi connectivity index (χ2v) is 6.47. The number of rotatable bonds is 5. The fraction of sp³-hybridized carbons (Fsp3) is 0.364. The molecule has 10 heteroatoms. The van der Waals surface area contributed by atoms with E-state index in [0.717, 1.165) is 0 Å². The van der Waals surface area contributed by atoms with E-state index in [2.05, 4.69) is 12.2 Å². The molecule has 0 amide bonds. The van der Waals surface area contributed by atoms with Crippen molar-refractivity contribution in [2.45, 2.75) is 24.8 Å². The first-order valence-corrected chi connectivity index (χ1v) is 7.62. The summed E-state index contributed by atoms with van der Waals surface area (Å²) in [5.74, 6) is -1.13. The molecule has 0 spiro atoms. The van der Waals surface area contributed by atoms with E-state index in [1.807, 2.05) is 0 Å². The Balaban J connectivity index is 3.21. The molecule has 1 rings (SSSR count). The zero-order chi connectivity index (χ0) is 16.4. The Kier molecular flexibility index (Phi) is 5.16. The molecule has 0 aliphatic rings. The standard InChI is InChI=1S/C11H12F4N2O2S2/c1-2-9(10(16)20)21(18,19)17-8-5-6(11(13,14)15)3-4-7(8)12/h3-5,9,17H,2H2,1H3,(H2,16,20). The third-order valence-corrected chi connectivity index (χ3v) is 4.88. The van der Waals surface area contributed by atoms with Crippen LogP contribution in [-0.4, -0.2) is 18.7 Å². The van der Waals surface area contributed by atoms with Gasteiger partial charge in [0.1, 0.15) is 11.1 Å². The molecule has 21 heavy (non-hydrogen) atoms. The summed E-state index contributed by atoms with van der Waals surface area (Å²) in [7, 11) is -4.23. The van der Waals surface area contributed by atoms with Gasteiger partial charge in [0.2, 0.25) is 10.0 Å². The summed E-state index contributed by atoms with van der Waals surface area (Å²) in [6, 6.07) is 1.42. The molecule has 0 bridgehead atoms. The maximum Gasteiger partial charge on any atom is 0.416 e. The van der Waals surface area contributed by atoms with E-state index in [4.69, 9.17) is 5.73 Å². The van der Waals surface area contributed by atoms with Gasteiger partial charge >= 0.3 is 6.18 Å². The number of hydrogen-bond donors (Lipinski definition) is 2. The largest absolute Gasteiger partial charge is 0.416 e. The molecular formula is C11H12F4N2O2S2. The van der Waals surface area contributed by atoms with Crippen molar-refractivity contribution < 1.29 is 26.0 Å². The Morgan fingerprint density at radius 3 is 2.43 bits per heavy atom. The van der Waals surface area contributed by atoms with Crippen LogP contribution in [0.5, 0.6) is 0 Å². The fourth-order valence-electron chi connectivity index (χ4n) is 1.58. The average Bonchev–Trinajstić information content (AvgIpc) is 2.30. The molecule has 0 fully saturated rings. The van der Waals surface area contributed by atoms with Crippen LogP contribution in [0.2, 0.25) is 0 Å². The maximum absolute atomic E-state index is 13.5. The van der Waals surface area contributed by atoms with Gasteiger partial charge in [-0.15, -0.1) is 0 Å². The number of thiocarbonyl (C=S) groups is 1. The summed E-state index contributed by atoms with van der Waals surface area (Å²) in [5, 5.41) is -1.30. The minimum atomic E-state index is -4.72. The van der Waals surface area contributed by atoms with Crippen LogP contribution < -0.4 is 10.5 Å². The van der Waals surface area contributed by atoms with E-state index in [-0.39, 0.29) is 11.4 Å². The summed E-state index contributed by atoms with van der Waals surface area (Å²) >= 11 is 4.58. The van der Waals surface area contributed by atoms with E-state index in [0.29, 0.717) is 18.2 Å². The molecule has 0 aliphatic heterocycles. The molecule has 0 saturated heterocycles. The Hall–Kier alpha value is -1.42. The molecule has 1 atom stereocenters. The molecule has 1 aromatic carbocycles. The predicted octanol–water partition coefficient (Wildman–Crippen LogP) is 2.65. The fourth-order valence-corrected chi connectivity index (χ4v) is 3.47. The number of sulfonamides is 1. The topological polar surface area (TPSA) is 72.2 Å². The highest BCUT2D eigenvalue weighted by molar-refractivity contribution is 7.95. The normalized spacial score (nSPS) is 13.8. The first-order chi connectivity index (χ1) is 9.49. The van der Waals surface area contributed by atoms with Crippen LogP contribution in [0.1, 0.15) is 18.9 Å². The molecule has 1 unspecified atom stereocenters. The quantitative estimate of drug-likeness (QED) is 0.636. The lowest BCUT2D eigenvalue weighted by Gasteiger charge is -2.17. The van der Waals surface area contributed by atoms with Crippen LogP contribution in [0.3, 0.4) is 0 Å². The van der Waals surface area contributed by atoms with E-state index >= 15 is 0 Å². The maximum atomic E-state index is 13.5. The number of benzene rings is 1. The Morgan fingerprint density at radius 1 is 1.43 bits per heavy atom. The first-order valence-electron chi connectivity index (χ1n) is 5.66. The van der Waals surface area contributed by atoms with Crippen LogP contribution in [-0.2, 0) is 16.2 Å². The van der Waals surface area contributed by atoms with Crippen molar-refractivity contribution in [1.82, 2.24) is 0 Å². The van der Waals surface area contributed by atoms with Crippen molar-refractivity contribution in [3.05, 3.63) is 29.6 Å². The molecule has 0 aromatic heterocycles. The summed E-state index contributed by atoms with van der Waals surface area (Å²) in [5.41, 5.74) is 3.28. The second kappa shape index (κ2) is 6.14. The van der Waals surface area contributed by atoms with Crippen molar-refractivity contribution in [2.24, 2.45) is 5.73 Å². The summed E-state index contributed by atoms with van der Waals surface area (Å²) in [6.45, 7) is 1.48. The number of hydrogen-bond acceptors (Lipinski definition) is 3. The highest BCUT2D eigenvalue weighted by Gasteiger charge is 2.32. The van der Waals surface area contributed by atoms with E-state index in [9.17, 15) is 26.0 Å². The summed E-state index contributed by atoms with van der Waals surface area (Å²) in [4.78, 5) is -0.350. The van der Waals surface area contributed by atoms with Gasteiger partial charge in [-0.25, -0.2) is 12.8 Å². The SMILES string of the molecule is CCC(C(N)=S)S(=O)(=O)Nc1cc(C(F)(F)F)ccc1F. The summed E-state index contributed by atoms with van der Waals surface area (Å²) in [6.07, 6.45) is -4.72. The number of anilines is 1. The second-order valence-electron chi connectivity index (χ2n) is 4.14. The summed E-state index contributed by atoms with van der Waals surface area (Å²) < 4.78 is 76.8. The van der Waals surface area contributed by atoms with Crippen molar-refractivity contribution in [3.63, 3.8) is 0 Å². The van der Waals surface area contributed by atoms with Crippen LogP contribution in [0, 0.1) is 5.82 Å². The van der Waals surface area contributed by atoms with Crippen LogP contribution in [0.25, 0.3) is 0 Å². The molecule has 0 saturated carbocycles. The van der Waals surface area contributed by atoms with Crippen molar-refractivity contribution in [3.8, 4) is 0 Å². The van der Waals surface area contributed by atoms with Crippen LogP contribution >= 0.6 is 12.2 Å². The molecule has 118 valence electrons. The van der Waals surface area contributed by atoms with Gasteiger partial charge in [0, 0.05) is 0 Å². The van der Waals surface area contributed by atoms with Crippen LogP contribution in [0.4, 0.5) is 23.2 Å². The highest BCUT2D eigenvalue weighted by atomic mass is 32.2. The smallest absolute Gasteiger partial charge is 0.392 e. The molecule has 0 aliphatic carbocycles. The van der Waals surface area contributed by atoms with E-state index in [1.54, 1.807) is 4.72 Å². The van der Waals surface area contributed by atoms with Crippen molar-refractivity contribution >= 4 is 32.9 Å². The number of halogens is 4. The average molecular weight is 344 g/mol. The Bertz CT molecular complexity index is 644. The monoisotopic (exact) mass is 344 g/mol. The molecule has 4 nitrogen and oxygen atoms in total. The zero-order valence-corrected chi connectivity index (χ0v) is 12.4. The molecule has 3 N–H and O–H groups in total. The van der Waals surface area contributed by atoms with Crippen molar-refractivity contribution in [2.75, 3.05) is 4.72 Å². The van der Waals surface area contributed by atoms with E-state index < -0.39 is 38.5 Å². The first kappa shape index (κ1) is 17.6. The molecule has 1 aromatic rings.